The van der Waals surface area contributed by atoms with Gasteiger partial charge in [0.25, 0.3) is 11.6 Å². The maximum absolute atomic E-state index is 13.1. The van der Waals surface area contributed by atoms with Crippen LogP contribution in [-0.2, 0) is 6.18 Å². The van der Waals surface area contributed by atoms with Crippen molar-refractivity contribution >= 4 is 34.6 Å². The summed E-state index contributed by atoms with van der Waals surface area (Å²) in [7, 11) is 0. The number of nitro groups is 1. The Morgan fingerprint density at radius 1 is 1.14 bits per heavy atom. The molecule has 1 N–H and O–H groups in total. The van der Waals surface area contributed by atoms with E-state index < -0.39 is 28.3 Å². The topological polar surface area (TPSA) is 75.5 Å². The van der Waals surface area contributed by atoms with Crippen LogP contribution in [0.3, 0.4) is 0 Å². The zero-order valence-electron chi connectivity index (χ0n) is 14.4. The quantitative estimate of drug-likeness (QED) is 0.557. The van der Waals surface area contributed by atoms with E-state index in [1.54, 1.807) is 0 Å². The summed E-state index contributed by atoms with van der Waals surface area (Å²) in [5.41, 5.74) is -1.58. The molecule has 0 radical (unpaired) electrons. The van der Waals surface area contributed by atoms with Gasteiger partial charge in [0.15, 0.2) is 0 Å². The number of nitrogens with one attached hydrogen (secondary N) is 1. The number of carbonyl (C=O) groups is 1. The van der Waals surface area contributed by atoms with Gasteiger partial charge in [-0.2, -0.15) is 13.2 Å². The van der Waals surface area contributed by atoms with Gasteiger partial charge in [0.05, 0.1) is 16.2 Å². The van der Waals surface area contributed by atoms with Crippen LogP contribution in [0.15, 0.2) is 36.4 Å². The first-order chi connectivity index (χ1) is 13.2. The molecule has 0 spiro atoms. The van der Waals surface area contributed by atoms with Gasteiger partial charge in [0, 0.05) is 29.7 Å². The van der Waals surface area contributed by atoms with Crippen LogP contribution in [0.2, 0.25) is 5.02 Å². The Bertz CT molecular complexity index is 928. The van der Waals surface area contributed by atoms with Crippen LogP contribution in [0.25, 0.3) is 0 Å². The van der Waals surface area contributed by atoms with Crippen LogP contribution >= 0.6 is 11.6 Å². The van der Waals surface area contributed by atoms with E-state index in [1.807, 2.05) is 4.90 Å². The lowest BCUT2D eigenvalue weighted by Crippen LogP contribution is -2.20. The Labute approximate surface area is 163 Å². The van der Waals surface area contributed by atoms with Gasteiger partial charge in [-0.3, -0.25) is 14.9 Å². The molecule has 1 fully saturated rings. The molecule has 0 unspecified atom stereocenters. The fourth-order valence-corrected chi connectivity index (χ4v) is 3.27. The first-order valence-corrected chi connectivity index (χ1v) is 8.76. The second kappa shape index (κ2) is 7.67. The maximum atomic E-state index is 13.1. The molecule has 2 aromatic rings. The lowest BCUT2D eigenvalue weighted by Gasteiger charge is -2.18. The van der Waals surface area contributed by atoms with Crippen LogP contribution < -0.4 is 10.2 Å². The Kier molecular flexibility index (Phi) is 5.46. The predicted molar refractivity (Wildman–Crippen MR) is 99.0 cm³/mol. The zero-order valence-corrected chi connectivity index (χ0v) is 15.2. The van der Waals surface area contributed by atoms with Crippen molar-refractivity contribution < 1.29 is 22.9 Å². The lowest BCUT2D eigenvalue weighted by atomic mass is 10.1. The van der Waals surface area contributed by atoms with E-state index in [0.29, 0.717) is 18.8 Å². The molecule has 1 heterocycles. The molecule has 1 amide bonds. The molecule has 10 heteroatoms. The third-order valence-electron chi connectivity index (χ3n) is 4.42. The highest BCUT2D eigenvalue weighted by atomic mass is 35.5. The summed E-state index contributed by atoms with van der Waals surface area (Å²) in [4.78, 5) is 25.1. The van der Waals surface area contributed by atoms with Crippen molar-refractivity contribution in [2.24, 2.45) is 0 Å². The van der Waals surface area contributed by atoms with Gasteiger partial charge in [0.1, 0.15) is 5.69 Å². The normalized spacial score (nSPS) is 14.2. The molecule has 0 aliphatic carbocycles. The van der Waals surface area contributed by atoms with Crippen LogP contribution in [0.4, 0.5) is 30.2 Å². The second-order valence-electron chi connectivity index (χ2n) is 6.30. The molecule has 0 aromatic heterocycles. The summed E-state index contributed by atoms with van der Waals surface area (Å²) in [5, 5.41) is 13.6. The molecule has 28 heavy (non-hydrogen) atoms. The minimum Gasteiger partial charge on any atom is -0.366 e. The summed E-state index contributed by atoms with van der Waals surface area (Å²) < 4.78 is 39.4. The van der Waals surface area contributed by atoms with Crippen molar-refractivity contribution in [3.05, 3.63) is 62.7 Å². The number of amides is 1. The van der Waals surface area contributed by atoms with E-state index >= 15 is 0 Å². The fourth-order valence-electron chi connectivity index (χ4n) is 3.10. The van der Waals surface area contributed by atoms with Crippen LogP contribution in [0.1, 0.15) is 28.8 Å². The van der Waals surface area contributed by atoms with E-state index in [0.717, 1.165) is 37.1 Å². The average Bonchev–Trinajstić information content (AvgIpc) is 3.14. The number of nitrogens with zero attached hydrogens (tertiary/aromatic N) is 2. The molecule has 0 atom stereocenters. The Balaban J connectivity index is 1.92. The zero-order chi connectivity index (χ0) is 20.5. The molecular formula is C18H15ClF3N3O3. The number of carbonyl (C=O) groups excluding carboxylic acids is 1. The number of benzene rings is 2. The molecule has 1 aliphatic heterocycles. The van der Waals surface area contributed by atoms with Crippen molar-refractivity contribution in [3.63, 3.8) is 0 Å². The third-order valence-corrected chi connectivity index (χ3v) is 4.65. The van der Waals surface area contributed by atoms with Gasteiger partial charge >= 0.3 is 6.18 Å². The Morgan fingerprint density at radius 3 is 2.43 bits per heavy atom. The van der Waals surface area contributed by atoms with E-state index in [-0.39, 0.29) is 16.3 Å². The summed E-state index contributed by atoms with van der Waals surface area (Å²) in [6, 6.07) is 6.68. The largest absolute Gasteiger partial charge is 0.418 e. The molecule has 0 saturated carbocycles. The molecule has 148 valence electrons. The van der Waals surface area contributed by atoms with E-state index in [4.69, 9.17) is 11.6 Å². The van der Waals surface area contributed by atoms with Crippen LogP contribution in [0, 0.1) is 10.1 Å². The number of hydrogen-bond donors (Lipinski definition) is 1. The monoisotopic (exact) mass is 413 g/mol. The molecule has 6 nitrogen and oxygen atoms in total. The first kappa shape index (κ1) is 19.9. The van der Waals surface area contributed by atoms with Gasteiger partial charge in [0.2, 0.25) is 0 Å². The molecule has 1 saturated heterocycles. The molecule has 3 rings (SSSR count). The highest BCUT2D eigenvalue weighted by molar-refractivity contribution is 6.31. The summed E-state index contributed by atoms with van der Waals surface area (Å²) in [5.74, 6) is -0.899. The van der Waals surface area contributed by atoms with Gasteiger partial charge in [-0.25, -0.2) is 0 Å². The average molecular weight is 414 g/mol. The number of hydrogen-bond acceptors (Lipinski definition) is 4. The minimum absolute atomic E-state index is 0.0126. The summed E-state index contributed by atoms with van der Waals surface area (Å²) >= 11 is 5.74. The van der Waals surface area contributed by atoms with Gasteiger partial charge in [-0.05, 0) is 43.2 Å². The SMILES string of the molecule is O=C(Nc1cc(Cl)ccc1C(F)(F)F)c1ccc(N2CCCC2)c([N+](=O)[O-])c1. The molecule has 2 aromatic carbocycles. The molecule has 1 aliphatic rings. The minimum atomic E-state index is -4.70. The lowest BCUT2D eigenvalue weighted by molar-refractivity contribution is -0.384. The van der Waals surface area contributed by atoms with Crippen molar-refractivity contribution in [1.82, 2.24) is 0 Å². The highest BCUT2D eigenvalue weighted by Crippen LogP contribution is 2.37. The third kappa shape index (κ3) is 4.19. The van der Waals surface area contributed by atoms with Crippen molar-refractivity contribution in [1.29, 1.82) is 0 Å². The first-order valence-electron chi connectivity index (χ1n) is 8.38. The standard InChI is InChI=1S/C18H15ClF3N3O3/c19-12-4-5-13(18(20,21)22)14(10-12)23-17(26)11-3-6-15(16(9-11)25(27)28)24-7-1-2-8-24/h3-6,9-10H,1-2,7-8H2,(H,23,26). The summed E-state index contributed by atoms with van der Waals surface area (Å²) in [6.07, 6.45) is -2.87. The van der Waals surface area contributed by atoms with Crippen LogP contribution in [-0.4, -0.2) is 23.9 Å². The van der Waals surface area contributed by atoms with Crippen molar-refractivity contribution in [3.8, 4) is 0 Å². The van der Waals surface area contributed by atoms with Gasteiger partial charge in [-0.1, -0.05) is 11.6 Å². The van der Waals surface area contributed by atoms with Crippen LogP contribution in [0.5, 0.6) is 0 Å². The van der Waals surface area contributed by atoms with Gasteiger partial charge in [-0.15, -0.1) is 0 Å². The molecular weight excluding hydrogens is 399 g/mol. The van der Waals surface area contributed by atoms with E-state index in [1.165, 1.54) is 12.1 Å². The Morgan fingerprint density at radius 2 is 1.82 bits per heavy atom. The van der Waals surface area contributed by atoms with Gasteiger partial charge < -0.3 is 10.2 Å². The number of anilines is 2. The smallest absolute Gasteiger partial charge is 0.366 e. The second-order valence-corrected chi connectivity index (χ2v) is 6.73. The number of rotatable bonds is 4. The fraction of sp³-hybridized carbons (Fsp3) is 0.278. The van der Waals surface area contributed by atoms with Crippen molar-refractivity contribution in [2.75, 3.05) is 23.3 Å². The Hall–Kier alpha value is -2.81. The number of halogens is 4. The van der Waals surface area contributed by atoms with Crippen molar-refractivity contribution in [2.45, 2.75) is 19.0 Å². The summed E-state index contributed by atoms with van der Waals surface area (Å²) in [6.45, 7) is 1.34. The van der Waals surface area contributed by atoms with E-state index in [9.17, 15) is 28.1 Å². The number of alkyl halides is 3. The maximum Gasteiger partial charge on any atom is 0.418 e. The molecule has 0 bridgehead atoms. The number of nitro benzene ring substituents is 1. The van der Waals surface area contributed by atoms with E-state index in [2.05, 4.69) is 5.32 Å². The highest BCUT2D eigenvalue weighted by Gasteiger charge is 2.34. The predicted octanol–water partition coefficient (Wildman–Crippen LogP) is 5.12.